The highest BCUT2D eigenvalue weighted by molar-refractivity contribution is 7.17. The number of hydrogen-bond donors (Lipinski definition) is 0. The summed E-state index contributed by atoms with van der Waals surface area (Å²) in [5.74, 6) is 0.475. The Morgan fingerprint density at radius 1 is 1.14 bits per heavy atom. The number of carbonyl (C=O) groups is 1. The summed E-state index contributed by atoms with van der Waals surface area (Å²) in [6, 6.07) is 12.5. The Bertz CT molecular complexity index is 1270. The lowest BCUT2D eigenvalue weighted by atomic mass is 9.95. The Hall–Kier alpha value is -3.08. The Labute approximate surface area is 224 Å². The third-order valence-corrected chi connectivity index (χ3v) is 7.97. The molecule has 6 nitrogen and oxygen atoms in total. The molecule has 1 aliphatic heterocycles. The van der Waals surface area contributed by atoms with E-state index < -0.39 is 0 Å². The van der Waals surface area contributed by atoms with Crippen LogP contribution in [0.15, 0.2) is 36.4 Å². The molecule has 0 amide bonds. The molecule has 0 unspecified atom stereocenters. The van der Waals surface area contributed by atoms with Crippen LogP contribution in [-0.2, 0) is 28.9 Å². The van der Waals surface area contributed by atoms with Crippen LogP contribution in [0, 0.1) is 18.4 Å². The van der Waals surface area contributed by atoms with E-state index in [-0.39, 0.29) is 11.9 Å². The van der Waals surface area contributed by atoms with Gasteiger partial charge in [-0.05, 0) is 74.4 Å². The van der Waals surface area contributed by atoms with E-state index in [4.69, 9.17) is 11.3 Å². The highest BCUT2D eigenvalue weighted by atomic mass is 32.1. The second-order valence-electron chi connectivity index (χ2n) is 10.1. The zero-order chi connectivity index (χ0) is 26.4. The van der Waals surface area contributed by atoms with Crippen molar-refractivity contribution in [3.63, 3.8) is 0 Å². The fraction of sp³-hybridized carbons (Fsp3) is 0.467. The first kappa shape index (κ1) is 27.0. The van der Waals surface area contributed by atoms with E-state index in [1.54, 1.807) is 11.3 Å². The van der Waals surface area contributed by atoms with Crippen LogP contribution in [0.4, 0.5) is 5.69 Å². The number of ether oxygens (including phenoxy) is 1. The molecule has 0 aliphatic carbocycles. The van der Waals surface area contributed by atoms with Crippen LogP contribution in [0.2, 0.25) is 0 Å². The minimum absolute atomic E-state index is 0.0239. The van der Waals surface area contributed by atoms with Gasteiger partial charge in [0.2, 0.25) is 0 Å². The summed E-state index contributed by atoms with van der Waals surface area (Å²) in [6.07, 6.45) is 3.50. The number of esters is 1. The molecule has 4 rings (SSSR count). The molecule has 1 fully saturated rings. The average molecular weight is 517 g/mol. The normalized spacial score (nSPS) is 14.6. The van der Waals surface area contributed by atoms with Crippen LogP contribution in [0.5, 0.6) is 0 Å². The number of benzene rings is 2. The molecule has 2 aromatic carbocycles. The van der Waals surface area contributed by atoms with Gasteiger partial charge >= 0.3 is 5.97 Å². The lowest BCUT2D eigenvalue weighted by Crippen LogP contribution is -2.36. The molecule has 3 aromatic rings. The van der Waals surface area contributed by atoms with Gasteiger partial charge in [-0.25, -0.2) is 4.85 Å². The first-order valence-corrected chi connectivity index (χ1v) is 14.1. The number of aromatic nitrogens is 2. The number of rotatable bonds is 9. The molecule has 1 aliphatic rings. The minimum Gasteiger partial charge on any atom is -0.466 e. The van der Waals surface area contributed by atoms with Gasteiger partial charge in [-0.15, -0.1) is 10.2 Å². The second-order valence-corrected chi connectivity index (χ2v) is 11.0. The quantitative estimate of drug-likeness (QED) is 0.227. The summed E-state index contributed by atoms with van der Waals surface area (Å²) in [6.45, 7) is 19.1. The lowest BCUT2D eigenvalue weighted by Gasteiger charge is -2.31. The SMILES string of the molecule is [C-]#[N+]c1cc(-c2nnc(-c3cccc(CN4CCC(C(=O)OCC)CC4)c3CC)s2)ccc1CC(C)C. The molecule has 37 heavy (non-hydrogen) atoms. The number of nitrogens with zero attached hydrogens (tertiary/aromatic N) is 4. The first-order chi connectivity index (χ1) is 17.9. The van der Waals surface area contributed by atoms with Crippen molar-refractivity contribution in [3.8, 4) is 21.1 Å². The van der Waals surface area contributed by atoms with Gasteiger partial charge in [-0.1, -0.05) is 62.4 Å². The van der Waals surface area contributed by atoms with Crippen LogP contribution in [0.25, 0.3) is 26.0 Å². The third-order valence-electron chi connectivity index (χ3n) is 6.96. The fourth-order valence-corrected chi connectivity index (χ4v) is 5.98. The lowest BCUT2D eigenvalue weighted by molar-refractivity contribution is -0.149. The first-order valence-electron chi connectivity index (χ1n) is 13.3. The highest BCUT2D eigenvalue weighted by Gasteiger charge is 2.26. The molecule has 2 heterocycles. The van der Waals surface area contributed by atoms with Gasteiger partial charge in [-0.2, -0.15) is 0 Å². The molecule has 1 aromatic heterocycles. The molecule has 0 bridgehead atoms. The van der Waals surface area contributed by atoms with Crippen LogP contribution < -0.4 is 0 Å². The van der Waals surface area contributed by atoms with Crippen molar-refractivity contribution in [3.05, 3.63) is 64.5 Å². The fourth-order valence-electron chi connectivity index (χ4n) is 5.09. The van der Waals surface area contributed by atoms with E-state index in [1.807, 2.05) is 13.0 Å². The van der Waals surface area contributed by atoms with Gasteiger partial charge in [0.1, 0.15) is 10.0 Å². The Morgan fingerprint density at radius 2 is 1.89 bits per heavy atom. The maximum Gasteiger partial charge on any atom is 0.309 e. The van der Waals surface area contributed by atoms with Crippen molar-refractivity contribution >= 4 is 23.0 Å². The van der Waals surface area contributed by atoms with Crippen LogP contribution in [-0.4, -0.2) is 40.8 Å². The van der Waals surface area contributed by atoms with Crippen LogP contribution in [0.3, 0.4) is 0 Å². The molecule has 194 valence electrons. The van der Waals surface area contributed by atoms with Gasteiger partial charge in [0.25, 0.3) is 0 Å². The predicted molar refractivity (Wildman–Crippen MR) is 150 cm³/mol. The standard InChI is InChI=1S/C30H36N4O2S/c1-6-25-24(19-34-15-13-21(14-16-34)30(35)36-7-2)9-8-10-26(25)29-33-32-28(37-29)23-12-11-22(17-20(3)4)27(18-23)31-5/h8-12,18,20-21H,6-7,13-17,19H2,1-4H3. The Morgan fingerprint density at radius 3 is 2.57 bits per heavy atom. The number of piperidine rings is 1. The summed E-state index contributed by atoms with van der Waals surface area (Å²) in [7, 11) is 0. The van der Waals surface area contributed by atoms with Crippen LogP contribution in [0.1, 0.15) is 57.2 Å². The van der Waals surface area contributed by atoms with Gasteiger partial charge in [0.05, 0.1) is 19.1 Å². The zero-order valence-electron chi connectivity index (χ0n) is 22.3. The van der Waals surface area contributed by atoms with Crippen molar-refractivity contribution in [2.75, 3.05) is 19.7 Å². The van der Waals surface area contributed by atoms with Crippen molar-refractivity contribution < 1.29 is 9.53 Å². The smallest absolute Gasteiger partial charge is 0.309 e. The third kappa shape index (κ3) is 6.44. The molecule has 0 atom stereocenters. The molecule has 0 spiro atoms. The molecule has 1 saturated heterocycles. The summed E-state index contributed by atoms with van der Waals surface area (Å²) < 4.78 is 5.22. The van der Waals surface area contributed by atoms with Crippen molar-refractivity contribution in [2.24, 2.45) is 11.8 Å². The van der Waals surface area contributed by atoms with Crippen LogP contribution >= 0.6 is 11.3 Å². The summed E-state index contributed by atoms with van der Waals surface area (Å²) in [4.78, 5) is 18.3. The largest absolute Gasteiger partial charge is 0.466 e. The van der Waals surface area contributed by atoms with E-state index in [2.05, 4.69) is 71.0 Å². The second kappa shape index (κ2) is 12.4. The van der Waals surface area contributed by atoms with E-state index in [9.17, 15) is 4.79 Å². The predicted octanol–water partition coefficient (Wildman–Crippen LogP) is 6.96. The van der Waals surface area contributed by atoms with Crippen molar-refractivity contribution in [2.45, 2.75) is 59.9 Å². The van der Waals surface area contributed by atoms with Gasteiger partial charge in [0.15, 0.2) is 5.69 Å². The molecule has 0 radical (unpaired) electrons. The Kier molecular flexibility index (Phi) is 9.07. The number of hydrogen-bond acceptors (Lipinski definition) is 6. The summed E-state index contributed by atoms with van der Waals surface area (Å²) in [5.41, 5.74) is 6.47. The van der Waals surface area contributed by atoms with E-state index >= 15 is 0 Å². The van der Waals surface area contributed by atoms with E-state index in [0.717, 1.165) is 72.0 Å². The van der Waals surface area contributed by atoms with Gasteiger partial charge in [0, 0.05) is 17.7 Å². The molecule has 0 N–H and O–H groups in total. The number of carbonyl (C=O) groups excluding carboxylic acids is 1. The molecule has 0 saturated carbocycles. The molecule has 7 heteroatoms. The minimum atomic E-state index is -0.0523. The molecular weight excluding hydrogens is 480 g/mol. The zero-order valence-corrected chi connectivity index (χ0v) is 23.1. The average Bonchev–Trinajstić information content (AvgIpc) is 3.39. The number of likely N-dealkylation sites (tertiary alicyclic amines) is 1. The molecular formula is C30H36N4O2S. The van der Waals surface area contributed by atoms with Gasteiger partial charge < -0.3 is 4.74 Å². The monoisotopic (exact) mass is 516 g/mol. The summed E-state index contributed by atoms with van der Waals surface area (Å²) in [5, 5.41) is 10.8. The van der Waals surface area contributed by atoms with E-state index in [1.165, 1.54) is 11.1 Å². The maximum absolute atomic E-state index is 12.1. The van der Waals surface area contributed by atoms with Crippen molar-refractivity contribution in [1.82, 2.24) is 15.1 Å². The summed E-state index contributed by atoms with van der Waals surface area (Å²) >= 11 is 1.58. The highest BCUT2D eigenvalue weighted by Crippen LogP contribution is 2.36. The van der Waals surface area contributed by atoms with Gasteiger partial charge in [-0.3, -0.25) is 9.69 Å². The Balaban J connectivity index is 1.52. The van der Waals surface area contributed by atoms with Crippen molar-refractivity contribution in [1.29, 1.82) is 0 Å². The topological polar surface area (TPSA) is 59.7 Å². The van der Waals surface area contributed by atoms with E-state index in [0.29, 0.717) is 18.2 Å². The maximum atomic E-state index is 12.1.